The molecule has 51 heavy (non-hydrogen) atoms. The molecule has 0 aliphatic rings. The molecule has 0 saturated heterocycles. The average Bonchev–Trinajstić information content (AvgIpc) is 3.15. The number of nitrogens with one attached hydrogen (secondary N) is 3. The van der Waals surface area contributed by atoms with E-state index in [1.54, 1.807) is 84.9 Å². The maximum atomic E-state index is 13.8. The first-order valence-corrected chi connectivity index (χ1v) is 17.1. The second kappa shape index (κ2) is 17.5. The third kappa shape index (κ3) is 9.64. The predicted octanol–water partition coefficient (Wildman–Crippen LogP) is 8.90. The highest BCUT2D eigenvalue weighted by atomic mass is 35.5. The fourth-order valence-corrected chi connectivity index (χ4v) is 6.39. The molecule has 0 fully saturated rings. The third-order valence-corrected chi connectivity index (χ3v) is 9.27. The first-order valence-electron chi connectivity index (χ1n) is 15.5. The number of anilines is 2. The number of halogens is 2. The normalized spacial score (nSPS) is 11.6. The molecule has 0 spiro atoms. The van der Waals surface area contributed by atoms with E-state index in [0.29, 0.717) is 49.8 Å². The Hall–Kier alpha value is -5.42. The van der Waals surface area contributed by atoms with Crippen LogP contribution in [0.3, 0.4) is 0 Å². The number of hydrogen-bond donors (Lipinski definition) is 3. The molecule has 5 aromatic carbocycles. The Morgan fingerprint density at radius 3 is 1.96 bits per heavy atom. The lowest BCUT2D eigenvalue weighted by molar-refractivity contribution is -0.116. The predicted molar refractivity (Wildman–Crippen MR) is 203 cm³/mol. The molecule has 0 aromatic heterocycles. The number of methoxy groups -OCH3 is 3. The minimum Gasteiger partial charge on any atom is -0.496 e. The number of rotatable bonds is 13. The summed E-state index contributed by atoms with van der Waals surface area (Å²) in [6, 6.07) is 33.0. The van der Waals surface area contributed by atoms with E-state index in [1.807, 2.05) is 30.3 Å². The largest absolute Gasteiger partial charge is 0.496 e. The lowest BCUT2D eigenvalue weighted by Gasteiger charge is -2.18. The van der Waals surface area contributed by atoms with Gasteiger partial charge in [-0.1, -0.05) is 71.7 Å². The van der Waals surface area contributed by atoms with Gasteiger partial charge in [0.05, 0.1) is 32.0 Å². The number of hydrogen-bond acceptors (Lipinski definition) is 7. The number of benzene rings is 5. The van der Waals surface area contributed by atoms with Crippen molar-refractivity contribution in [1.29, 1.82) is 0 Å². The Bertz CT molecular complexity index is 2040. The Labute approximate surface area is 309 Å². The molecule has 0 radical (unpaired) electrons. The van der Waals surface area contributed by atoms with Gasteiger partial charge in [0.1, 0.15) is 16.7 Å². The van der Waals surface area contributed by atoms with Gasteiger partial charge in [0, 0.05) is 32.8 Å². The highest BCUT2D eigenvalue weighted by Crippen LogP contribution is 2.38. The SMILES string of the molecule is COc1cc(OC)c(OC)cc1/C=C(\NC(=O)c1ccccc1)C(=O)Nc1ccc(SC(C(=O)Nc2ccc(Cl)cc2Cl)c2ccccc2)cc1. The third-order valence-electron chi connectivity index (χ3n) is 7.46. The van der Waals surface area contributed by atoms with Gasteiger partial charge in [-0.15, -0.1) is 11.8 Å². The van der Waals surface area contributed by atoms with Crippen LogP contribution in [0, 0.1) is 0 Å². The summed E-state index contributed by atoms with van der Waals surface area (Å²) in [6.07, 6.45) is 1.50. The number of amides is 3. The van der Waals surface area contributed by atoms with Crippen LogP contribution in [-0.4, -0.2) is 39.1 Å². The van der Waals surface area contributed by atoms with E-state index in [9.17, 15) is 14.4 Å². The zero-order chi connectivity index (χ0) is 36.3. The van der Waals surface area contributed by atoms with Crippen LogP contribution in [0.4, 0.5) is 11.4 Å². The number of ether oxygens (including phenoxy) is 3. The summed E-state index contributed by atoms with van der Waals surface area (Å²) in [5.41, 5.74) is 2.47. The van der Waals surface area contributed by atoms with E-state index in [4.69, 9.17) is 37.4 Å². The van der Waals surface area contributed by atoms with Gasteiger partial charge in [-0.25, -0.2) is 0 Å². The molecule has 9 nitrogen and oxygen atoms in total. The molecule has 0 aliphatic heterocycles. The topological polar surface area (TPSA) is 115 Å². The molecule has 3 amide bonds. The summed E-state index contributed by atoms with van der Waals surface area (Å²) in [5.74, 6) is -0.104. The number of thioether (sulfide) groups is 1. The van der Waals surface area contributed by atoms with E-state index in [0.717, 1.165) is 10.5 Å². The molecule has 1 atom stereocenters. The lowest BCUT2D eigenvalue weighted by Crippen LogP contribution is -2.30. The minimum atomic E-state index is -0.627. The molecule has 1 unspecified atom stereocenters. The van der Waals surface area contributed by atoms with Gasteiger partial charge in [-0.2, -0.15) is 0 Å². The van der Waals surface area contributed by atoms with Crippen molar-refractivity contribution in [3.63, 3.8) is 0 Å². The van der Waals surface area contributed by atoms with Gasteiger partial charge in [0.25, 0.3) is 11.8 Å². The van der Waals surface area contributed by atoms with E-state index in [1.165, 1.54) is 39.2 Å². The van der Waals surface area contributed by atoms with Crippen LogP contribution < -0.4 is 30.2 Å². The molecular formula is C39H33Cl2N3O6S. The summed E-state index contributed by atoms with van der Waals surface area (Å²) < 4.78 is 16.4. The zero-order valence-electron chi connectivity index (χ0n) is 27.7. The van der Waals surface area contributed by atoms with Gasteiger partial charge in [-0.05, 0) is 72.3 Å². The van der Waals surface area contributed by atoms with Crippen LogP contribution in [0.2, 0.25) is 10.0 Å². The average molecular weight is 743 g/mol. The summed E-state index contributed by atoms with van der Waals surface area (Å²) in [5, 5.41) is 8.64. The molecule has 5 aromatic rings. The van der Waals surface area contributed by atoms with Crippen LogP contribution in [0.15, 0.2) is 126 Å². The van der Waals surface area contributed by atoms with Gasteiger partial charge >= 0.3 is 0 Å². The highest BCUT2D eigenvalue weighted by Gasteiger charge is 2.23. The van der Waals surface area contributed by atoms with E-state index < -0.39 is 17.1 Å². The van der Waals surface area contributed by atoms with Crippen molar-refractivity contribution in [2.24, 2.45) is 0 Å². The maximum Gasteiger partial charge on any atom is 0.272 e. The first-order chi connectivity index (χ1) is 24.7. The molecule has 0 saturated carbocycles. The molecule has 0 aliphatic carbocycles. The number of carbonyl (C=O) groups is 3. The molecule has 12 heteroatoms. The van der Waals surface area contributed by atoms with E-state index in [-0.39, 0.29) is 11.6 Å². The monoisotopic (exact) mass is 741 g/mol. The smallest absolute Gasteiger partial charge is 0.272 e. The van der Waals surface area contributed by atoms with Crippen molar-refractivity contribution in [3.8, 4) is 17.2 Å². The van der Waals surface area contributed by atoms with Crippen LogP contribution in [-0.2, 0) is 9.59 Å². The maximum absolute atomic E-state index is 13.8. The standard InChI is InChI=1S/C39H33Cl2N3O6S/c1-48-33-23-35(50-3)34(49-2)21-26(33)20-32(44-37(45)25-12-8-5-9-13-25)38(46)42-28-15-17-29(18-16-28)51-36(24-10-6-4-7-11-24)39(47)43-31-19-14-27(40)22-30(31)41/h4-23,36H,1-3H3,(H,42,46)(H,43,47)(H,44,45)/b32-20-. The fraction of sp³-hybridized carbons (Fsp3) is 0.103. The van der Waals surface area contributed by atoms with Gasteiger partial charge in [0.15, 0.2) is 11.5 Å². The Kier molecular flexibility index (Phi) is 12.6. The summed E-state index contributed by atoms with van der Waals surface area (Å²) >= 11 is 13.7. The zero-order valence-corrected chi connectivity index (χ0v) is 30.1. The van der Waals surface area contributed by atoms with Crippen molar-refractivity contribution in [2.45, 2.75) is 10.1 Å². The molecule has 0 bridgehead atoms. The Morgan fingerprint density at radius 2 is 1.33 bits per heavy atom. The summed E-state index contributed by atoms with van der Waals surface area (Å²) in [7, 11) is 4.48. The van der Waals surface area contributed by atoms with Crippen LogP contribution in [0.1, 0.15) is 26.7 Å². The van der Waals surface area contributed by atoms with Gasteiger partial charge in [-0.3, -0.25) is 14.4 Å². The Morgan fingerprint density at radius 1 is 0.706 bits per heavy atom. The highest BCUT2D eigenvalue weighted by molar-refractivity contribution is 8.00. The molecule has 260 valence electrons. The second-order valence-electron chi connectivity index (χ2n) is 10.8. The Balaban J connectivity index is 1.39. The molecular weight excluding hydrogens is 709 g/mol. The lowest BCUT2D eigenvalue weighted by atomic mass is 10.1. The quantitative estimate of drug-likeness (QED) is 0.0816. The van der Waals surface area contributed by atoms with Gasteiger partial charge in [0.2, 0.25) is 5.91 Å². The molecule has 3 N–H and O–H groups in total. The van der Waals surface area contributed by atoms with E-state index >= 15 is 0 Å². The molecule has 0 heterocycles. The van der Waals surface area contributed by atoms with Crippen molar-refractivity contribution >= 4 is 70.1 Å². The first kappa shape index (κ1) is 36.9. The van der Waals surface area contributed by atoms with Crippen LogP contribution >= 0.6 is 35.0 Å². The van der Waals surface area contributed by atoms with Crippen LogP contribution in [0.5, 0.6) is 17.2 Å². The van der Waals surface area contributed by atoms with Gasteiger partial charge < -0.3 is 30.2 Å². The number of carbonyl (C=O) groups excluding carboxylic acids is 3. The van der Waals surface area contributed by atoms with Crippen LogP contribution in [0.25, 0.3) is 6.08 Å². The summed E-state index contributed by atoms with van der Waals surface area (Å²) in [6.45, 7) is 0. The van der Waals surface area contributed by atoms with Crippen molar-refractivity contribution < 1.29 is 28.6 Å². The summed E-state index contributed by atoms with van der Waals surface area (Å²) in [4.78, 5) is 41.3. The fourth-order valence-electron chi connectivity index (χ4n) is 4.90. The van der Waals surface area contributed by atoms with E-state index in [2.05, 4.69) is 16.0 Å². The minimum absolute atomic E-state index is 0.0468. The molecule has 5 rings (SSSR count). The van der Waals surface area contributed by atoms with Crippen molar-refractivity contribution in [2.75, 3.05) is 32.0 Å². The van der Waals surface area contributed by atoms with Crippen molar-refractivity contribution in [1.82, 2.24) is 5.32 Å². The second-order valence-corrected chi connectivity index (χ2v) is 12.8. The van der Waals surface area contributed by atoms with Crippen molar-refractivity contribution in [3.05, 3.63) is 148 Å².